The molecule has 0 aromatic heterocycles. The van der Waals surface area contributed by atoms with Crippen LogP contribution in [0.2, 0.25) is 0 Å². The van der Waals surface area contributed by atoms with Crippen molar-refractivity contribution in [3.05, 3.63) is 35.4 Å². The minimum atomic E-state index is -3.61. The molecule has 1 fully saturated rings. The molecule has 2 atom stereocenters. The van der Waals surface area contributed by atoms with Crippen LogP contribution in [0.15, 0.2) is 40.3 Å². The summed E-state index contributed by atoms with van der Waals surface area (Å²) in [6, 6.07) is 5.89. The van der Waals surface area contributed by atoms with Gasteiger partial charge in [0.25, 0.3) is 0 Å². The number of morpholine rings is 1. The topological polar surface area (TPSA) is 116 Å². The van der Waals surface area contributed by atoms with Gasteiger partial charge in [-0.05, 0) is 51.0 Å². The predicted octanol–water partition coefficient (Wildman–Crippen LogP) is 0.759. The summed E-state index contributed by atoms with van der Waals surface area (Å²) in [5.41, 5.74) is 2.40. The zero-order valence-electron chi connectivity index (χ0n) is 16.5. The summed E-state index contributed by atoms with van der Waals surface area (Å²) in [5, 5.41) is 14.2. The third-order valence-electron chi connectivity index (χ3n) is 5.64. The van der Waals surface area contributed by atoms with E-state index in [2.05, 4.69) is 5.32 Å². The van der Waals surface area contributed by atoms with Crippen LogP contribution in [0, 0.1) is 11.8 Å². The van der Waals surface area contributed by atoms with E-state index in [1.54, 1.807) is 0 Å². The van der Waals surface area contributed by atoms with Gasteiger partial charge < -0.3 is 20.0 Å². The van der Waals surface area contributed by atoms with Gasteiger partial charge in [-0.25, -0.2) is 8.42 Å². The summed E-state index contributed by atoms with van der Waals surface area (Å²) in [4.78, 5) is 24.3. The van der Waals surface area contributed by atoms with E-state index in [0.29, 0.717) is 44.8 Å². The molecule has 0 saturated carbocycles. The van der Waals surface area contributed by atoms with Crippen molar-refractivity contribution in [2.24, 2.45) is 11.8 Å². The zero-order valence-corrected chi connectivity index (χ0v) is 17.3. The molecular weight excluding hydrogens is 396 g/mol. The highest BCUT2D eigenvalue weighted by Gasteiger charge is 2.33. The molecule has 0 unspecified atom stereocenters. The van der Waals surface area contributed by atoms with Crippen LogP contribution in [0.1, 0.15) is 26.7 Å². The number of amides is 1. The van der Waals surface area contributed by atoms with Crippen molar-refractivity contribution in [2.75, 3.05) is 31.6 Å². The van der Waals surface area contributed by atoms with Gasteiger partial charge in [0.1, 0.15) is 0 Å². The molecule has 1 aromatic carbocycles. The van der Waals surface area contributed by atoms with Gasteiger partial charge >= 0.3 is 0 Å². The van der Waals surface area contributed by atoms with Crippen LogP contribution in [-0.2, 0) is 24.3 Å². The Balaban J connectivity index is 1.72. The molecule has 1 aliphatic carbocycles. The summed E-state index contributed by atoms with van der Waals surface area (Å²) >= 11 is 0. The van der Waals surface area contributed by atoms with Gasteiger partial charge in [0.15, 0.2) is 0 Å². The monoisotopic (exact) mass is 421 g/mol. The molecule has 1 N–H and O–H groups in total. The number of rotatable bonds is 5. The first-order chi connectivity index (χ1) is 13.7. The lowest BCUT2D eigenvalue weighted by Crippen LogP contribution is -2.42. The number of nitrogens with one attached hydrogen (secondary N) is 1. The van der Waals surface area contributed by atoms with Gasteiger partial charge in [0.05, 0.1) is 24.0 Å². The number of carboxylic acid groups (broad SMARTS) is 1. The molecule has 8 nitrogen and oxygen atoms in total. The van der Waals surface area contributed by atoms with Crippen molar-refractivity contribution in [1.29, 1.82) is 0 Å². The third-order valence-corrected chi connectivity index (χ3v) is 7.55. The maximum absolute atomic E-state index is 12.7. The number of ether oxygens (including phenoxy) is 1. The summed E-state index contributed by atoms with van der Waals surface area (Å²) in [6.07, 6.45) is 0.656. The second kappa shape index (κ2) is 8.64. The number of allylic oxidation sites excluding steroid dienone is 2. The van der Waals surface area contributed by atoms with Crippen molar-refractivity contribution in [3.8, 4) is 0 Å². The maximum Gasteiger partial charge on any atom is 0.243 e. The largest absolute Gasteiger partial charge is 0.550 e. The Hall–Kier alpha value is -2.23. The van der Waals surface area contributed by atoms with E-state index in [0.717, 1.165) is 11.1 Å². The van der Waals surface area contributed by atoms with Crippen LogP contribution in [0.5, 0.6) is 0 Å². The van der Waals surface area contributed by atoms with Crippen LogP contribution >= 0.6 is 0 Å². The molecule has 1 aromatic rings. The van der Waals surface area contributed by atoms with Gasteiger partial charge in [-0.2, -0.15) is 4.31 Å². The molecule has 1 aliphatic heterocycles. The van der Waals surface area contributed by atoms with Crippen molar-refractivity contribution >= 4 is 27.6 Å². The predicted molar refractivity (Wildman–Crippen MR) is 104 cm³/mol. The second-order valence-electron chi connectivity index (χ2n) is 7.53. The zero-order chi connectivity index (χ0) is 21.2. The Kier molecular flexibility index (Phi) is 6.40. The average Bonchev–Trinajstić information content (AvgIpc) is 2.70. The first-order valence-corrected chi connectivity index (χ1v) is 11.0. The minimum absolute atomic E-state index is 0.136. The Bertz CT molecular complexity index is 917. The van der Waals surface area contributed by atoms with E-state index >= 15 is 0 Å². The first-order valence-electron chi connectivity index (χ1n) is 9.55. The lowest BCUT2D eigenvalue weighted by molar-refractivity contribution is -0.313. The molecule has 9 heteroatoms. The number of sulfonamides is 1. The van der Waals surface area contributed by atoms with Gasteiger partial charge in [-0.1, -0.05) is 11.1 Å². The van der Waals surface area contributed by atoms with Crippen LogP contribution in [-0.4, -0.2) is 50.9 Å². The Morgan fingerprint density at radius 3 is 2.14 bits per heavy atom. The SMILES string of the molecule is CC1=C(C)C[C@@H](C(=O)Nc2ccc(S(=O)(=O)N3CCOCC3)cc2)[C@H](C(=O)[O-])C1. The molecule has 1 heterocycles. The fourth-order valence-electron chi connectivity index (χ4n) is 3.70. The van der Waals surface area contributed by atoms with Crippen LogP contribution in [0.4, 0.5) is 5.69 Å². The van der Waals surface area contributed by atoms with Gasteiger partial charge in [0.2, 0.25) is 15.9 Å². The molecule has 0 bridgehead atoms. The van der Waals surface area contributed by atoms with E-state index in [-0.39, 0.29) is 4.90 Å². The molecule has 158 valence electrons. The maximum atomic E-state index is 12.7. The number of hydrogen-bond acceptors (Lipinski definition) is 6. The number of hydrogen-bond donors (Lipinski definition) is 1. The highest BCUT2D eigenvalue weighted by atomic mass is 32.2. The molecule has 1 amide bonds. The number of benzene rings is 1. The van der Waals surface area contributed by atoms with Crippen molar-refractivity contribution in [2.45, 2.75) is 31.6 Å². The van der Waals surface area contributed by atoms with Gasteiger partial charge in [0, 0.05) is 30.7 Å². The Morgan fingerprint density at radius 2 is 1.59 bits per heavy atom. The number of carbonyl (C=O) groups excluding carboxylic acids is 2. The fourth-order valence-corrected chi connectivity index (χ4v) is 5.10. The van der Waals surface area contributed by atoms with Crippen molar-refractivity contribution < 1.29 is 27.9 Å². The smallest absolute Gasteiger partial charge is 0.243 e. The molecule has 0 spiro atoms. The van der Waals surface area contributed by atoms with Gasteiger partial charge in [-0.15, -0.1) is 0 Å². The first kappa shape index (κ1) is 21.5. The molecule has 3 rings (SSSR count). The summed E-state index contributed by atoms with van der Waals surface area (Å²) in [6.45, 7) is 5.10. The van der Waals surface area contributed by atoms with E-state index in [1.165, 1.54) is 28.6 Å². The highest BCUT2D eigenvalue weighted by molar-refractivity contribution is 7.89. The second-order valence-corrected chi connectivity index (χ2v) is 9.47. The Morgan fingerprint density at radius 1 is 1.03 bits per heavy atom. The Labute approximate surface area is 170 Å². The summed E-state index contributed by atoms with van der Waals surface area (Å²) in [7, 11) is -3.61. The standard InChI is InChI=1S/C20H26N2O6S/c1-13-11-17(18(20(24)25)12-14(13)2)19(23)21-15-3-5-16(6-4-15)29(26,27)22-7-9-28-10-8-22/h3-6,17-18H,7-12H2,1-2H3,(H,21,23)(H,24,25)/p-1/t17-,18-/m1/s1. The fraction of sp³-hybridized carbons (Fsp3) is 0.500. The number of nitrogens with zero attached hydrogens (tertiary/aromatic N) is 1. The van der Waals surface area contributed by atoms with Crippen LogP contribution in [0.25, 0.3) is 0 Å². The van der Waals surface area contributed by atoms with Crippen molar-refractivity contribution in [1.82, 2.24) is 4.31 Å². The lowest BCUT2D eigenvalue weighted by atomic mass is 9.76. The van der Waals surface area contributed by atoms with Crippen LogP contribution < -0.4 is 10.4 Å². The van der Waals surface area contributed by atoms with E-state index in [9.17, 15) is 23.1 Å². The van der Waals surface area contributed by atoms with E-state index < -0.39 is 33.7 Å². The summed E-state index contributed by atoms with van der Waals surface area (Å²) < 4.78 is 31.9. The number of carboxylic acids is 1. The van der Waals surface area contributed by atoms with Gasteiger partial charge in [-0.3, -0.25) is 4.79 Å². The molecule has 0 radical (unpaired) electrons. The van der Waals surface area contributed by atoms with E-state index in [4.69, 9.17) is 4.74 Å². The quantitative estimate of drug-likeness (QED) is 0.702. The molecule has 29 heavy (non-hydrogen) atoms. The van der Waals surface area contributed by atoms with Crippen LogP contribution in [0.3, 0.4) is 0 Å². The molecule has 2 aliphatic rings. The lowest BCUT2D eigenvalue weighted by Gasteiger charge is -2.32. The van der Waals surface area contributed by atoms with E-state index in [1.807, 2.05) is 13.8 Å². The average molecular weight is 421 g/mol. The minimum Gasteiger partial charge on any atom is -0.550 e. The number of carbonyl (C=O) groups is 2. The number of anilines is 1. The van der Waals surface area contributed by atoms with Crippen molar-refractivity contribution in [3.63, 3.8) is 0 Å². The third kappa shape index (κ3) is 4.68. The molecular formula is C20H25N2O6S-. The number of aliphatic carboxylic acids is 1. The molecule has 1 saturated heterocycles. The normalized spacial score (nSPS) is 23.7. The summed E-state index contributed by atoms with van der Waals surface area (Å²) in [5.74, 6) is -3.24. The highest BCUT2D eigenvalue weighted by Crippen LogP contribution is 2.34.